The van der Waals surface area contributed by atoms with E-state index in [9.17, 15) is 19.2 Å². The smallest absolute Gasteiger partial charge is 0.327 e. The number of aliphatic carboxylic acids is 1. The van der Waals surface area contributed by atoms with E-state index in [1.807, 2.05) is 13.8 Å². The minimum absolute atomic E-state index is 0.0591. The molecule has 8 N–H and O–H groups in total. The molecule has 11 heteroatoms. The van der Waals surface area contributed by atoms with Crippen LogP contribution in [0, 0.1) is 11.8 Å². The van der Waals surface area contributed by atoms with Crippen LogP contribution in [0.4, 0.5) is 0 Å². The first-order valence-electron chi connectivity index (χ1n) is 10.7. The van der Waals surface area contributed by atoms with Crippen LogP contribution in [-0.4, -0.2) is 65.3 Å². The van der Waals surface area contributed by atoms with Crippen molar-refractivity contribution in [2.75, 3.05) is 12.3 Å². The highest BCUT2D eigenvalue weighted by molar-refractivity contribution is 7.80. The normalized spacial score (nSPS) is 16.0. The molecule has 0 aromatic rings. The summed E-state index contributed by atoms with van der Waals surface area (Å²) >= 11 is 3.93. The molecule has 0 aromatic carbocycles. The molecule has 3 amide bonds. The van der Waals surface area contributed by atoms with Crippen LogP contribution < -0.4 is 27.4 Å². The average Bonchev–Trinajstić information content (AvgIpc) is 2.72. The van der Waals surface area contributed by atoms with Gasteiger partial charge in [0.1, 0.15) is 18.1 Å². The van der Waals surface area contributed by atoms with Crippen LogP contribution in [0.5, 0.6) is 0 Å². The van der Waals surface area contributed by atoms with Crippen molar-refractivity contribution in [3.05, 3.63) is 0 Å². The quantitative estimate of drug-likeness (QED) is 0.128. The third-order valence-corrected chi connectivity index (χ3v) is 5.55. The van der Waals surface area contributed by atoms with Crippen molar-refractivity contribution in [2.24, 2.45) is 23.3 Å². The number of thiol groups is 1. The molecule has 31 heavy (non-hydrogen) atoms. The number of hydrogen-bond donors (Lipinski definition) is 7. The zero-order valence-corrected chi connectivity index (χ0v) is 19.8. The van der Waals surface area contributed by atoms with Gasteiger partial charge in [0.2, 0.25) is 17.7 Å². The minimum atomic E-state index is -1.22. The Bertz CT molecular complexity index is 605. The second-order valence-electron chi connectivity index (χ2n) is 8.07. The van der Waals surface area contributed by atoms with Crippen LogP contribution in [0.2, 0.25) is 0 Å². The highest BCUT2D eigenvalue weighted by Gasteiger charge is 2.31. The Kier molecular flexibility index (Phi) is 14.1. The van der Waals surface area contributed by atoms with Crippen LogP contribution in [0.15, 0.2) is 0 Å². The maximum absolute atomic E-state index is 12.9. The Morgan fingerprint density at radius 2 is 1.52 bits per heavy atom. The fraction of sp³-hybridized carbons (Fsp3) is 0.800. The number of nitrogens with two attached hydrogens (primary N) is 2. The van der Waals surface area contributed by atoms with E-state index in [1.165, 1.54) is 0 Å². The number of carbonyl (C=O) groups is 4. The first kappa shape index (κ1) is 29.1. The Labute approximate surface area is 190 Å². The summed E-state index contributed by atoms with van der Waals surface area (Å²) in [4.78, 5) is 49.2. The number of hydrogen-bond acceptors (Lipinski definition) is 7. The predicted molar refractivity (Wildman–Crippen MR) is 122 cm³/mol. The summed E-state index contributed by atoms with van der Waals surface area (Å²) < 4.78 is 0. The zero-order valence-electron chi connectivity index (χ0n) is 18.9. The van der Waals surface area contributed by atoms with Gasteiger partial charge in [-0.3, -0.25) is 14.4 Å². The van der Waals surface area contributed by atoms with Crippen LogP contribution in [-0.2, 0) is 19.2 Å². The van der Waals surface area contributed by atoms with Gasteiger partial charge in [-0.1, -0.05) is 34.1 Å². The van der Waals surface area contributed by atoms with Crippen molar-refractivity contribution < 1.29 is 24.3 Å². The molecule has 5 unspecified atom stereocenters. The molecule has 0 heterocycles. The number of rotatable bonds is 15. The number of nitrogens with one attached hydrogen (secondary N) is 3. The lowest BCUT2D eigenvalue weighted by Crippen LogP contribution is -2.59. The molecule has 0 aliphatic heterocycles. The van der Waals surface area contributed by atoms with Gasteiger partial charge >= 0.3 is 5.97 Å². The van der Waals surface area contributed by atoms with Crippen molar-refractivity contribution in [3.63, 3.8) is 0 Å². The second kappa shape index (κ2) is 15.0. The average molecular weight is 462 g/mol. The molecular weight excluding hydrogens is 422 g/mol. The van der Waals surface area contributed by atoms with Gasteiger partial charge in [0.15, 0.2) is 0 Å². The third kappa shape index (κ3) is 10.3. The number of carboxylic acids is 1. The van der Waals surface area contributed by atoms with Crippen LogP contribution >= 0.6 is 12.6 Å². The number of unbranched alkanes of at least 4 members (excludes halogenated alkanes) is 1. The van der Waals surface area contributed by atoms with Gasteiger partial charge in [-0.05, 0) is 37.6 Å². The van der Waals surface area contributed by atoms with Crippen LogP contribution in [0.1, 0.15) is 53.4 Å². The van der Waals surface area contributed by atoms with E-state index in [1.54, 1.807) is 13.8 Å². The predicted octanol–water partition coefficient (Wildman–Crippen LogP) is -0.386. The van der Waals surface area contributed by atoms with Crippen LogP contribution in [0.25, 0.3) is 0 Å². The molecule has 180 valence electrons. The summed E-state index contributed by atoms with van der Waals surface area (Å²) in [6.07, 6.45) is 2.33. The molecule has 0 fully saturated rings. The lowest BCUT2D eigenvalue weighted by atomic mass is 9.98. The third-order valence-electron chi connectivity index (χ3n) is 5.18. The molecule has 10 nitrogen and oxygen atoms in total. The maximum Gasteiger partial charge on any atom is 0.327 e. The molecule has 5 atom stereocenters. The lowest BCUT2D eigenvalue weighted by Gasteiger charge is -2.27. The molecule has 0 spiro atoms. The van der Waals surface area contributed by atoms with E-state index in [4.69, 9.17) is 16.6 Å². The van der Waals surface area contributed by atoms with Crippen molar-refractivity contribution in [1.82, 2.24) is 16.0 Å². The van der Waals surface area contributed by atoms with E-state index >= 15 is 0 Å². The fourth-order valence-corrected chi connectivity index (χ4v) is 3.03. The topological polar surface area (TPSA) is 177 Å². The Balaban J connectivity index is 5.37. The van der Waals surface area contributed by atoms with Gasteiger partial charge in [0.25, 0.3) is 0 Å². The van der Waals surface area contributed by atoms with E-state index in [2.05, 4.69) is 28.6 Å². The first-order valence-corrected chi connectivity index (χ1v) is 11.3. The first-order chi connectivity index (χ1) is 14.5. The van der Waals surface area contributed by atoms with Crippen molar-refractivity contribution in [1.29, 1.82) is 0 Å². The van der Waals surface area contributed by atoms with Gasteiger partial charge < -0.3 is 32.5 Å². The summed E-state index contributed by atoms with van der Waals surface area (Å²) in [5, 5.41) is 16.8. The van der Waals surface area contributed by atoms with Gasteiger partial charge in [0.05, 0.1) is 6.04 Å². The molecular formula is C20H39N5O5S. The highest BCUT2D eigenvalue weighted by Crippen LogP contribution is 2.09. The van der Waals surface area contributed by atoms with Gasteiger partial charge in [0, 0.05) is 5.75 Å². The molecule has 0 rings (SSSR count). The SMILES string of the molecule is CCC(C)C(N)C(=O)NC(CCCCN)C(=O)NC(C(=O)NC(CS)C(=O)O)C(C)C. The number of carboxylic acid groups (broad SMARTS) is 1. The Hall–Kier alpha value is -1.85. The van der Waals surface area contributed by atoms with E-state index in [-0.39, 0.29) is 17.6 Å². The van der Waals surface area contributed by atoms with Crippen molar-refractivity contribution in [3.8, 4) is 0 Å². The van der Waals surface area contributed by atoms with E-state index < -0.39 is 47.9 Å². The Morgan fingerprint density at radius 1 is 0.935 bits per heavy atom. The molecule has 0 saturated heterocycles. The van der Waals surface area contributed by atoms with Crippen LogP contribution in [0.3, 0.4) is 0 Å². The van der Waals surface area contributed by atoms with Gasteiger partial charge in [-0.25, -0.2) is 4.79 Å². The highest BCUT2D eigenvalue weighted by atomic mass is 32.1. The largest absolute Gasteiger partial charge is 0.480 e. The summed E-state index contributed by atoms with van der Waals surface area (Å²) in [6, 6.07) is -3.80. The van der Waals surface area contributed by atoms with E-state index in [0.717, 1.165) is 0 Å². The Morgan fingerprint density at radius 3 is 1.97 bits per heavy atom. The molecule has 0 aromatic heterocycles. The van der Waals surface area contributed by atoms with Gasteiger partial charge in [-0.2, -0.15) is 12.6 Å². The number of amides is 3. The standard InChI is InChI=1S/C20H39N5O5S/c1-5-12(4)15(22)18(27)23-13(8-6-7-9-21)17(26)25-16(11(2)3)19(28)24-14(10-31)20(29)30/h11-16,31H,5-10,21-22H2,1-4H3,(H,23,27)(H,24,28)(H,25,26)(H,29,30). The molecule has 0 aliphatic carbocycles. The van der Waals surface area contributed by atoms with Gasteiger partial charge in [-0.15, -0.1) is 0 Å². The zero-order chi connectivity index (χ0) is 24.1. The summed E-state index contributed by atoms with van der Waals surface area (Å²) in [6.45, 7) is 7.67. The fourth-order valence-electron chi connectivity index (χ4n) is 2.78. The molecule has 0 saturated carbocycles. The second-order valence-corrected chi connectivity index (χ2v) is 8.43. The molecule has 0 radical (unpaired) electrons. The minimum Gasteiger partial charge on any atom is -0.480 e. The van der Waals surface area contributed by atoms with Crippen molar-refractivity contribution in [2.45, 2.75) is 77.5 Å². The monoisotopic (exact) mass is 461 g/mol. The lowest BCUT2D eigenvalue weighted by molar-refractivity contribution is -0.142. The summed E-state index contributed by atoms with van der Waals surface area (Å²) in [5.41, 5.74) is 11.5. The van der Waals surface area contributed by atoms with E-state index in [0.29, 0.717) is 32.2 Å². The number of carbonyl (C=O) groups excluding carboxylic acids is 3. The van der Waals surface area contributed by atoms with Crippen molar-refractivity contribution >= 4 is 36.3 Å². The summed E-state index contributed by atoms with van der Waals surface area (Å²) in [7, 11) is 0. The summed E-state index contributed by atoms with van der Waals surface area (Å²) in [5.74, 6) is -3.29. The molecule has 0 bridgehead atoms. The maximum atomic E-state index is 12.9. The molecule has 0 aliphatic rings.